The van der Waals surface area contributed by atoms with Gasteiger partial charge in [-0.05, 0) is 12.2 Å². The molecule has 0 bridgehead atoms. The summed E-state index contributed by atoms with van der Waals surface area (Å²) in [5.41, 5.74) is 0. The van der Waals surface area contributed by atoms with Crippen LogP contribution in [0.4, 0.5) is 0 Å². The standard InChI is InChI=1S/C10H12O4/c1-7(11)13-9-5-3-4-6-10(9)14-8(2)12/h3-6,9-10H,1-2H3/t9-,10-/m0/s1. The molecule has 2 atom stereocenters. The molecule has 1 aliphatic rings. The second-order valence-corrected chi connectivity index (χ2v) is 2.92. The van der Waals surface area contributed by atoms with Gasteiger partial charge in [0.1, 0.15) is 0 Å². The number of carbonyl (C=O) groups is 2. The van der Waals surface area contributed by atoms with Crippen LogP contribution in [0.2, 0.25) is 0 Å². The van der Waals surface area contributed by atoms with E-state index in [-0.39, 0.29) is 0 Å². The predicted octanol–water partition coefficient (Wildman–Crippen LogP) is 0.976. The first kappa shape index (κ1) is 10.5. The molecule has 0 amide bonds. The zero-order valence-electron chi connectivity index (χ0n) is 8.10. The molecule has 0 saturated heterocycles. The highest BCUT2D eigenvalue weighted by molar-refractivity contribution is 5.68. The highest BCUT2D eigenvalue weighted by Crippen LogP contribution is 2.13. The van der Waals surface area contributed by atoms with Crippen LogP contribution in [0.25, 0.3) is 0 Å². The Morgan fingerprint density at radius 1 is 0.929 bits per heavy atom. The van der Waals surface area contributed by atoms with Crippen LogP contribution in [0.5, 0.6) is 0 Å². The van der Waals surface area contributed by atoms with E-state index in [2.05, 4.69) is 0 Å². The zero-order valence-corrected chi connectivity index (χ0v) is 8.10. The zero-order chi connectivity index (χ0) is 10.6. The average molecular weight is 196 g/mol. The fourth-order valence-electron chi connectivity index (χ4n) is 1.16. The summed E-state index contributed by atoms with van der Waals surface area (Å²) in [5.74, 6) is -0.792. The van der Waals surface area contributed by atoms with Gasteiger partial charge in [0.2, 0.25) is 0 Å². The molecular weight excluding hydrogens is 184 g/mol. The van der Waals surface area contributed by atoms with E-state index in [0.29, 0.717) is 0 Å². The van der Waals surface area contributed by atoms with E-state index in [0.717, 1.165) is 0 Å². The van der Waals surface area contributed by atoms with E-state index in [1.54, 1.807) is 24.3 Å². The van der Waals surface area contributed by atoms with Crippen molar-refractivity contribution in [2.75, 3.05) is 0 Å². The first-order chi connectivity index (χ1) is 6.59. The first-order valence-corrected chi connectivity index (χ1v) is 4.29. The topological polar surface area (TPSA) is 52.6 Å². The van der Waals surface area contributed by atoms with Crippen LogP contribution < -0.4 is 0 Å². The minimum absolute atomic E-state index is 0.396. The number of ether oxygens (including phenoxy) is 2. The molecular formula is C10H12O4. The predicted molar refractivity (Wildman–Crippen MR) is 49.4 cm³/mol. The second kappa shape index (κ2) is 4.60. The van der Waals surface area contributed by atoms with Crippen LogP contribution in [0.1, 0.15) is 13.8 Å². The monoisotopic (exact) mass is 196 g/mol. The SMILES string of the molecule is CC(=O)O[C@H]1C=CC=C[C@@H]1OC(C)=O. The molecule has 0 N–H and O–H groups in total. The van der Waals surface area contributed by atoms with Gasteiger partial charge in [-0.1, -0.05) is 12.2 Å². The normalized spacial score (nSPS) is 24.4. The number of hydrogen-bond acceptors (Lipinski definition) is 4. The molecule has 0 spiro atoms. The molecule has 4 heteroatoms. The van der Waals surface area contributed by atoms with Crippen molar-refractivity contribution >= 4 is 11.9 Å². The Kier molecular flexibility index (Phi) is 3.45. The van der Waals surface area contributed by atoms with Crippen molar-refractivity contribution in [2.45, 2.75) is 26.1 Å². The van der Waals surface area contributed by atoms with Gasteiger partial charge in [0.05, 0.1) is 0 Å². The molecule has 0 aromatic carbocycles. The Labute approximate surface area is 82.2 Å². The molecule has 0 aliphatic heterocycles. The Bertz CT molecular complexity index is 260. The summed E-state index contributed by atoms with van der Waals surface area (Å²) in [6.45, 7) is 2.63. The van der Waals surface area contributed by atoms with Crippen molar-refractivity contribution in [3.05, 3.63) is 24.3 Å². The average Bonchev–Trinajstić information content (AvgIpc) is 2.06. The maximum absolute atomic E-state index is 10.7. The smallest absolute Gasteiger partial charge is 0.303 e. The van der Waals surface area contributed by atoms with Crippen LogP contribution >= 0.6 is 0 Å². The molecule has 0 aromatic heterocycles. The molecule has 0 unspecified atom stereocenters. The first-order valence-electron chi connectivity index (χ1n) is 4.29. The molecule has 4 nitrogen and oxygen atoms in total. The van der Waals surface area contributed by atoms with Crippen LogP contribution in [-0.4, -0.2) is 24.1 Å². The number of allylic oxidation sites excluding steroid dienone is 2. The van der Waals surface area contributed by atoms with E-state index in [9.17, 15) is 9.59 Å². The van der Waals surface area contributed by atoms with Gasteiger partial charge >= 0.3 is 11.9 Å². The van der Waals surface area contributed by atoms with Gasteiger partial charge in [0.15, 0.2) is 12.2 Å². The summed E-state index contributed by atoms with van der Waals surface area (Å²) >= 11 is 0. The van der Waals surface area contributed by atoms with Crippen molar-refractivity contribution in [2.24, 2.45) is 0 Å². The number of carbonyl (C=O) groups excluding carboxylic acids is 2. The Morgan fingerprint density at radius 2 is 1.29 bits per heavy atom. The quantitative estimate of drug-likeness (QED) is 0.618. The minimum atomic E-state index is -0.513. The lowest BCUT2D eigenvalue weighted by Crippen LogP contribution is -2.32. The van der Waals surface area contributed by atoms with E-state index < -0.39 is 24.1 Å². The van der Waals surface area contributed by atoms with E-state index in [4.69, 9.17) is 9.47 Å². The lowest BCUT2D eigenvalue weighted by molar-refractivity contribution is -0.158. The highest BCUT2D eigenvalue weighted by Gasteiger charge is 2.23. The maximum atomic E-state index is 10.7. The molecule has 76 valence electrons. The Balaban J connectivity index is 2.61. The fraction of sp³-hybridized carbons (Fsp3) is 0.400. The summed E-state index contributed by atoms with van der Waals surface area (Å²) in [6.07, 6.45) is 5.81. The lowest BCUT2D eigenvalue weighted by Gasteiger charge is -2.22. The molecule has 1 rings (SSSR count). The molecule has 0 fully saturated rings. The van der Waals surface area contributed by atoms with Crippen LogP contribution in [0, 0.1) is 0 Å². The van der Waals surface area contributed by atoms with E-state index in [1.807, 2.05) is 0 Å². The summed E-state index contributed by atoms with van der Waals surface area (Å²) in [4.78, 5) is 21.4. The van der Waals surface area contributed by atoms with Gasteiger partial charge in [-0.25, -0.2) is 0 Å². The van der Waals surface area contributed by atoms with Crippen LogP contribution in [-0.2, 0) is 19.1 Å². The molecule has 0 heterocycles. The third-order valence-electron chi connectivity index (χ3n) is 1.64. The summed E-state index contributed by atoms with van der Waals surface area (Å²) in [7, 11) is 0. The van der Waals surface area contributed by atoms with Crippen molar-refractivity contribution < 1.29 is 19.1 Å². The maximum Gasteiger partial charge on any atom is 0.303 e. The molecule has 0 radical (unpaired) electrons. The molecule has 14 heavy (non-hydrogen) atoms. The van der Waals surface area contributed by atoms with Crippen molar-refractivity contribution in [3.8, 4) is 0 Å². The summed E-state index contributed by atoms with van der Waals surface area (Å²) < 4.78 is 9.90. The molecule has 0 saturated carbocycles. The van der Waals surface area contributed by atoms with Gasteiger partial charge < -0.3 is 9.47 Å². The van der Waals surface area contributed by atoms with Crippen molar-refractivity contribution in [1.29, 1.82) is 0 Å². The Hall–Kier alpha value is -1.58. The molecule has 1 aliphatic carbocycles. The third kappa shape index (κ3) is 3.05. The number of esters is 2. The molecule has 0 aromatic rings. The lowest BCUT2D eigenvalue weighted by atomic mass is 10.1. The van der Waals surface area contributed by atoms with Crippen molar-refractivity contribution in [3.63, 3.8) is 0 Å². The summed E-state index contributed by atoms with van der Waals surface area (Å²) in [6, 6.07) is 0. The summed E-state index contributed by atoms with van der Waals surface area (Å²) in [5, 5.41) is 0. The van der Waals surface area contributed by atoms with Crippen molar-refractivity contribution in [1.82, 2.24) is 0 Å². The number of rotatable bonds is 2. The van der Waals surface area contributed by atoms with Gasteiger partial charge in [-0.3, -0.25) is 9.59 Å². The number of hydrogen-bond donors (Lipinski definition) is 0. The van der Waals surface area contributed by atoms with E-state index >= 15 is 0 Å². The van der Waals surface area contributed by atoms with Gasteiger partial charge in [-0.15, -0.1) is 0 Å². The van der Waals surface area contributed by atoms with Gasteiger partial charge in [-0.2, -0.15) is 0 Å². The van der Waals surface area contributed by atoms with E-state index in [1.165, 1.54) is 13.8 Å². The Morgan fingerprint density at radius 3 is 1.57 bits per heavy atom. The van der Waals surface area contributed by atoms with Gasteiger partial charge in [0, 0.05) is 13.8 Å². The fourth-order valence-corrected chi connectivity index (χ4v) is 1.16. The minimum Gasteiger partial charge on any atom is -0.454 e. The van der Waals surface area contributed by atoms with Gasteiger partial charge in [0.25, 0.3) is 0 Å². The second-order valence-electron chi connectivity index (χ2n) is 2.92. The highest BCUT2D eigenvalue weighted by atomic mass is 16.6. The van der Waals surface area contributed by atoms with Crippen LogP contribution in [0.3, 0.4) is 0 Å². The third-order valence-corrected chi connectivity index (χ3v) is 1.64. The largest absolute Gasteiger partial charge is 0.454 e. The van der Waals surface area contributed by atoms with Crippen LogP contribution in [0.15, 0.2) is 24.3 Å².